The molecule has 0 amide bonds. The number of carbonyl (C=O) groups is 1. The largest absolute Gasteiger partial charge is 0.482 e. The number of hydrogen-bond acceptors (Lipinski definition) is 5. The number of aromatic nitrogens is 1. The lowest BCUT2D eigenvalue weighted by Crippen LogP contribution is -2.10. The average molecular weight is 474 g/mol. The van der Waals surface area contributed by atoms with Crippen molar-refractivity contribution >= 4 is 29.1 Å². The lowest BCUT2D eigenvalue weighted by atomic mass is 9.89. The third-order valence-electron chi connectivity index (χ3n) is 5.79. The van der Waals surface area contributed by atoms with Crippen molar-refractivity contribution in [1.82, 2.24) is 4.98 Å². The number of aliphatic carboxylic acids is 1. The lowest BCUT2D eigenvalue weighted by Gasteiger charge is -2.17. The summed E-state index contributed by atoms with van der Waals surface area (Å²) in [7, 11) is 0. The fourth-order valence-electron chi connectivity index (χ4n) is 4.29. The third kappa shape index (κ3) is 4.82. The van der Waals surface area contributed by atoms with Gasteiger partial charge in [-0.1, -0.05) is 84.6 Å². The number of hydrogen-bond donors (Lipinski definition) is 1. The van der Waals surface area contributed by atoms with Crippen LogP contribution in [0.25, 0.3) is 11.3 Å². The van der Waals surface area contributed by atoms with Gasteiger partial charge in [0.1, 0.15) is 5.75 Å². The summed E-state index contributed by atoms with van der Waals surface area (Å²) in [5.74, 6) is 1.01. The predicted molar refractivity (Wildman–Crippen MR) is 134 cm³/mol. The molecule has 0 spiro atoms. The molecule has 0 saturated carbocycles. The number of fused-ring (bicyclic) bond motifs is 3. The summed E-state index contributed by atoms with van der Waals surface area (Å²) in [6.45, 7) is -0.331. The minimum absolute atomic E-state index is 0.331. The van der Waals surface area contributed by atoms with E-state index in [0.717, 1.165) is 39.8 Å². The van der Waals surface area contributed by atoms with Gasteiger partial charge in [-0.3, -0.25) is 0 Å². The van der Waals surface area contributed by atoms with Crippen LogP contribution in [0.4, 0.5) is 0 Å². The van der Waals surface area contributed by atoms with Crippen molar-refractivity contribution < 1.29 is 14.6 Å². The molecule has 5 rings (SSSR count). The minimum atomic E-state index is -0.971. The van der Waals surface area contributed by atoms with Crippen molar-refractivity contribution in [3.63, 3.8) is 0 Å². The molecule has 33 heavy (non-hydrogen) atoms. The number of benzene rings is 3. The first-order chi connectivity index (χ1) is 16.2. The Morgan fingerprint density at radius 1 is 1.00 bits per heavy atom. The van der Waals surface area contributed by atoms with E-state index in [-0.39, 0.29) is 6.61 Å². The van der Waals surface area contributed by atoms with Crippen LogP contribution in [0.2, 0.25) is 0 Å². The van der Waals surface area contributed by atoms with Crippen LogP contribution in [0.15, 0.2) is 83.2 Å². The Bertz CT molecular complexity index is 1220. The number of thiazole rings is 1. The van der Waals surface area contributed by atoms with Gasteiger partial charge >= 0.3 is 5.97 Å². The van der Waals surface area contributed by atoms with E-state index in [2.05, 4.69) is 60.7 Å². The number of carboxylic acids is 1. The first-order valence-corrected chi connectivity index (χ1v) is 12.7. The van der Waals surface area contributed by atoms with Crippen LogP contribution < -0.4 is 4.74 Å². The number of carboxylic acid groups (broad SMARTS) is 1. The number of thioether (sulfide) groups is 1. The Morgan fingerprint density at radius 3 is 2.36 bits per heavy atom. The monoisotopic (exact) mass is 473 g/mol. The number of ether oxygens (including phenoxy) is 1. The third-order valence-corrected chi connectivity index (χ3v) is 8.02. The van der Waals surface area contributed by atoms with Crippen LogP contribution in [0.1, 0.15) is 33.9 Å². The summed E-state index contributed by atoms with van der Waals surface area (Å²) in [4.78, 5) is 17.0. The van der Waals surface area contributed by atoms with E-state index in [1.807, 2.05) is 30.0 Å². The van der Waals surface area contributed by atoms with Gasteiger partial charge in [-0.2, -0.15) is 0 Å². The quantitative estimate of drug-likeness (QED) is 0.248. The number of rotatable bonds is 9. The van der Waals surface area contributed by atoms with Gasteiger partial charge in [-0.25, -0.2) is 9.78 Å². The maximum absolute atomic E-state index is 10.9. The fraction of sp³-hybridized carbons (Fsp3) is 0.185. The first-order valence-electron chi connectivity index (χ1n) is 10.9. The molecule has 0 unspecified atom stereocenters. The van der Waals surface area contributed by atoms with Gasteiger partial charge in [0.25, 0.3) is 0 Å². The Labute approximate surface area is 201 Å². The Morgan fingerprint density at radius 2 is 1.70 bits per heavy atom. The predicted octanol–water partition coefficient (Wildman–Crippen LogP) is 6.49. The molecule has 0 atom stereocenters. The molecular formula is C27H23NO3S2. The second kappa shape index (κ2) is 9.81. The molecule has 0 saturated heterocycles. The highest BCUT2D eigenvalue weighted by atomic mass is 32.2. The Kier molecular flexibility index (Phi) is 6.46. The summed E-state index contributed by atoms with van der Waals surface area (Å²) in [6, 6.07) is 27.2. The molecule has 1 aliphatic rings. The fourth-order valence-corrected chi connectivity index (χ4v) is 6.58. The first kappa shape index (κ1) is 21.7. The summed E-state index contributed by atoms with van der Waals surface area (Å²) < 4.78 is 6.57. The lowest BCUT2D eigenvalue weighted by molar-refractivity contribution is -0.139. The van der Waals surface area contributed by atoms with Gasteiger partial charge in [0.2, 0.25) is 0 Å². The van der Waals surface area contributed by atoms with Gasteiger partial charge in [0.05, 0.1) is 5.69 Å². The standard InChI is InChI=1S/C27H23NO3S2/c29-25(30)17-31-23-13-7-12-21-22(23)16-24-26(21)28-27(33-24)32-15-14-20(18-8-3-1-4-9-18)19-10-5-2-6-11-19/h1-13,20H,14-17H2,(H,29,30). The van der Waals surface area contributed by atoms with Crippen LogP contribution in [0.5, 0.6) is 5.75 Å². The van der Waals surface area contributed by atoms with E-state index >= 15 is 0 Å². The van der Waals surface area contributed by atoms with Crippen LogP contribution in [0, 0.1) is 0 Å². The van der Waals surface area contributed by atoms with E-state index in [0.29, 0.717) is 11.7 Å². The molecule has 1 heterocycles. The molecule has 0 bridgehead atoms. The molecule has 0 fully saturated rings. The van der Waals surface area contributed by atoms with Crippen LogP contribution in [-0.4, -0.2) is 28.4 Å². The highest BCUT2D eigenvalue weighted by Crippen LogP contribution is 2.45. The van der Waals surface area contributed by atoms with Crippen molar-refractivity contribution in [3.05, 3.63) is 100 Å². The molecule has 1 aliphatic carbocycles. The van der Waals surface area contributed by atoms with Gasteiger partial charge < -0.3 is 9.84 Å². The van der Waals surface area contributed by atoms with E-state index in [1.165, 1.54) is 16.0 Å². The second-order valence-corrected chi connectivity index (χ2v) is 10.3. The number of nitrogens with zero attached hydrogens (tertiary/aromatic N) is 1. The van der Waals surface area contributed by atoms with Crippen molar-refractivity contribution in [2.24, 2.45) is 0 Å². The molecule has 1 N–H and O–H groups in total. The topological polar surface area (TPSA) is 59.4 Å². The van der Waals surface area contributed by atoms with E-state index in [4.69, 9.17) is 14.8 Å². The van der Waals surface area contributed by atoms with Gasteiger partial charge in [0, 0.05) is 34.1 Å². The second-order valence-electron chi connectivity index (χ2n) is 7.90. The van der Waals surface area contributed by atoms with E-state index in [1.54, 1.807) is 11.3 Å². The zero-order valence-corrected chi connectivity index (χ0v) is 19.6. The van der Waals surface area contributed by atoms with Gasteiger partial charge in [0.15, 0.2) is 10.9 Å². The molecule has 1 aromatic heterocycles. The van der Waals surface area contributed by atoms with Crippen molar-refractivity contribution in [2.45, 2.75) is 23.1 Å². The summed E-state index contributed by atoms with van der Waals surface area (Å²) in [5, 5.41) is 8.92. The molecule has 0 aliphatic heterocycles. The maximum Gasteiger partial charge on any atom is 0.341 e. The summed E-state index contributed by atoms with van der Waals surface area (Å²) in [5.41, 5.74) is 5.79. The molecule has 166 valence electrons. The van der Waals surface area contributed by atoms with Gasteiger partial charge in [-0.05, 0) is 23.6 Å². The smallest absolute Gasteiger partial charge is 0.341 e. The zero-order chi connectivity index (χ0) is 22.6. The normalized spacial score (nSPS) is 11.9. The average Bonchev–Trinajstić information content (AvgIpc) is 3.39. The molecule has 4 nitrogen and oxygen atoms in total. The van der Waals surface area contributed by atoms with Crippen molar-refractivity contribution in [1.29, 1.82) is 0 Å². The summed E-state index contributed by atoms with van der Waals surface area (Å²) in [6.07, 6.45) is 1.78. The van der Waals surface area contributed by atoms with Crippen LogP contribution in [0.3, 0.4) is 0 Å². The maximum atomic E-state index is 10.9. The zero-order valence-electron chi connectivity index (χ0n) is 17.9. The Hall–Kier alpha value is -3.09. The molecular weight excluding hydrogens is 450 g/mol. The minimum Gasteiger partial charge on any atom is -0.482 e. The highest BCUT2D eigenvalue weighted by molar-refractivity contribution is 8.01. The SMILES string of the molecule is O=C(O)COc1cccc2c1Cc1sc(SCCC(c3ccccc3)c3ccccc3)nc1-2. The highest BCUT2D eigenvalue weighted by Gasteiger charge is 2.26. The molecule has 3 aromatic carbocycles. The summed E-state index contributed by atoms with van der Waals surface area (Å²) >= 11 is 3.55. The molecule has 0 radical (unpaired) electrons. The molecule has 4 aromatic rings. The van der Waals surface area contributed by atoms with Crippen LogP contribution in [-0.2, 0) is 11.2 Å². The van der Waals surface area contributed by atoms with E-state index in [9.17, 15) is 4.79 Å². The van der Waals surface area contributed by atoms with Gasteiger partial charge in [-0.15, -0.1) is 11.3 Å². The van der Waals surface area contributed by atoms with Crippen LogP contribution >= 0.6 is 23.1 Å². The molecule has 6 heteroatoms. The van der Waals surface area contributed by atoms with Crippen molar-refractivity contribution in [3.8, 4) is 17.0 Å². The van der Waals surface area contributed by atoms with E-state index < -0.39 is 5.97 Å². The Balaban J connectivity index is 1.28. The van der Waals surface area contributed by atoms with Crippen molar-refractivity contribution in [2.75, 3.05) is 12.4 Å².